The smallest absolute Gasteiger partial charge is 0.216 e. The van der Waals surface area contributed by atoms with Crippen LogP contribution in [0.25, 0.3) is 5.82 Å². The lowest BCUT2D eigenvalue weighted by atomic mass is 10.2. The number of pyridine rings is 1. The van der Waals surface area contributed by atoms with Crippen LogP contribution in [-0.2, 0) is 20.1 Å². The van der Waals surface area contributed by atoms with Gasteiger partial charge >= 0.3 is 0 Å². The Kier molecular flexibility index (Phi) is 4.38. The summed E-state index contributed by atoms with van der Waals surface area (Å²) < 4.78 is 9.09. The lowest BCUT2D eigenvalue weighted by Gasteiger charge is -2.10. The summed E-state index contributed by atoms with van der Waals surface area (Å²) in [6, 6.07) is 4.00. The summed E-state index contributed by atoms with van der Waals surface area (Å²) in [4.78, 5) is 8.52. The van der Waals surface area contributed by atoms with Crippen molar-refractivity contribution in [3.05, 3.63) is 53.9 Å². The molecule has 0 bridgehead atoms. The van der Waals surface area contributed by atoms with Crippen molar-refractivity contribution >= 4 is 0 Å². The molecule has 7 heteroatoms. The first-order valence-corrected chi connectivity index (χ1v) is 7.40. The number of imidazole rings is 1. The molecule has 0 aromatic carbocycles. The van der Waals surface area contributed by atoms with Crippen LogP contribution >= 0.6 is 0 Å². The van der Waals surface area contributed by atoms with Crippen molar-refractivity contribution in [1.29, 1.82) is 0 Å². The molecule has 0 atom stereocenters. The molecule has 0 aliphatic carbocycles. The van der Waals surface area contributed by atoms with Crippen molar-refractivity contribution in [3.8, 4) is 11.7 Å². The van der Waals surface area contributed by atoms with Crippen molar-refractivity contribution < 1.29 is 4.74 Å². The Morgan fingerprint density at radius 2 is 2.13 bits per heavy atom. The average molecular weight is 312 g/mol. The van der Waals surface area contributed by atoms with Crippen molar-refractivity contribution in [3.63, 3.8) is 0 Å². The van der Waals surface area contributed by atoms with Crippen molar-refractivity contribution in [2.24, 2.45) is 7.05 Å². The molecule has 23 heavy (non-hydrogen) atoms. The van der Waals surface area contributed by atoms with E-state index in [-0.39, 0.29) is 0 Å². The fourth-order valence-corrected chi connectivity index (χ4v) is 2.65. The predicted octanol–water partition coefficient (Wildman–Crippen LogP) is 1.61. The molecule has 0 unspecified atom stereocenters. The second-order valence-corrected chi connectivity index (χ2v) is 5.26. The molecule has 0 radical (unpaired) electrons. The lowest BCUT2D eigenvalue weighted by molar-refractivity contribution is 0.368. The van der Waals surface area contributed by atoms with E-state index in [9.17, 15) is 0 Å². The number of aromatic nitrogens is 5. The average Bonchev–Trinajstić information content (AvgIpc) is 3.16. The number of methoxy groups -OCH3 is 1. The summed E-state index contributed by atoms with van der Waals surface area (Å²) in [6.45, 7) is 3.36. The van der Waals surface area contributed by atoms with Crippen molar-refractivity contribution in [2.45, 2.75) is 20.0 Å². The predicted molar refractivity (Wildman–Crippen MR) is 86.4 cm³/mol. The van der Waals surface area contributed by atoms with Crippen LogP contribution in [-0.4, -0.2) is 31.4 Å². The molecule has 0 saturated carbocycles. The number of hydrogen-bond acceptors (Lipinski definition) is 5. The van der Waals surface area contributed by atoms with Gasteiger partial charge in [-0.15, -0.1) is 0 Å². The molecule has 3 aromatic rings. The topological polar surface area (TPSA) is 69.8 Å². The third-order valence-corrected chi connectivity index (χ3v) is 3.72. The van der Waals surface area contributed by atoms with E-state index in [4.69, 9.17) is 4.74 Å². The molecule has 0 saturated heterocycles. The highest BCUT2D eigenvalue weighted by Gasteiger charge is 2.13. The van der Waals surface area contributed by atoms with Crippen LogP contribution in [0, 0.1) is 6.92 Å². The largest absolute Gasteiger partial charge is 0.481 e. The van der Waals surface area contributed by atoms with E-state index in [1.807, 2.05) is 30.8 Å². The van der Waals surface area contributed by atoms with Crippen LogP contribution in [0.5, 0.6) is 5.88 Å². The minimum Gasteiger partial charge on any atom is -0.481 e. The van der Waals surface area contributed by atoms with Crippen LogP contribution in [0.1, 0.15) is 16.8 Å². The highest BCUT2D eigenvalue weighted by atomic mass is 16.5. The Balaban J connectivity index is 1.73. The van der Waals surface area contributed by atoms with E-state index < -0.39 is 0 Å². The fourth-order valence-electron chi connectivity index (χ4n) is 2.65. The maximum absolute atomic E-state index is 5.42. The van der Waals surface area contributed by atoms with Gasteiger partial charge < -0.3 is 10.1 Å². The molecule has 0 fully saturated rings. The van der Waals surface area contributed by atoms with Gasteiger partial charge in [0, 0.05) is 44.3 Å². The fraction of sp³-hybridized carbons (Fsp3) is 0.312. The third-order valence-electron chi connectivity index (χ3n) is 3.72. The summed E-state index contributed by atoms with van der Waals surface area (Å²) in [5.74, 6) is 1.67. The van der Waals surface area contributed by atoms with Gasteiger partial charge in [0.25, 0.3) is 0 Å². The zero-order valence-electron chi connectivity index (χ0n) is 13.5. The Bertz CT molecular complexity index is 778. The van der Waals surface area contributed by atoms with Gasteiger partial charge in [0.05, 0.1) is 18.4 Å². The number of aryl methyl sites for hydroxylation is 2. The summed E-state index contributed by atoms with van der Waals surface area (Å²) in [7, 11) is 3.55. The second kappa shape index (κ2) is 6.62. The SMILES string of the molecule is COc1c(CNCc2cccnc2-n2ccnc2)c(C)nn1C. The number of ether oxygens (including phenoxy) is 1. The maximum Gasteiger partial charge on any atom is 0.216 e. The molecule has 0 aliphatic rings. The van der Waals surface area contributed by atoms with Crippen LogP contribution in [0.4, 0.5) is 0 Å². The quantitative estimate of drug-likeness (QED) is 0.749. The Morgan fingerprint density at radius 1 is 1.26 bits per heavy atom. The molecule has 7 nitrogen and oxygen atoms in total. The van der Waals surface area contributed by atoms with Gasteiger partial charge in [0.2, 0.25) is 5.88 Å². The highest BCUT2D eigenvalue weighted by molar-refractivity contribution is 5.34. The monoisotopic (exact) mass is 312 g/mol. The van der Waals surface area contributed by atoms with E-state index >= 15 is 0 Å². The zero-order valence-corrected chi connectivity index (χ0v) is 13.5. The number of rotatable bonds is 6. The van der Waals surface area contributed by atoms with Gasteiger partial charge in [0.15, 0.2) is 0 Å². The number of nitrogens with one attached hydrogen (secondary N) is 1. The van der Waals surface area contributed by atoms with E-state index in [0.717, 1.165) is 28.5 Å². The molecular formula is C16H20N6O. The van der Waals surface area contributed by atoms with Crippen LogP contribution in [0.3, 0.4) is 0 Å². The first-order chi connectivity index (χ1) is 11.2. The molecule has 3 heterocycles. The van der Waals surface area contributed by atoms with Crippen molar-refractivity contribution in [1.82, 2.24) is 29.6 Å². The first kappa shape index (κ1) is 15.2. The standard InChI is InChI=1S/C16H20N6O/c1-12-14(16(23-3)21(2)20-12)10-18-9-13-5-4-6-19-15(13)22-8-7-17-11-22/h4-8,11,18H,9-10H2,1-3H3. The molecule has 0 amide bonds. The van der Waals surface area contributed by atoms with Gasteiger partial charge in [-0.25, -0.2) is 14.6 Å². The number of hydrogen-bond donors (Lipinski definition) is 1. The Morgan fingerprint density at radius 3 is 2.87 bits per heavy atom. The molecular weight excluding hydrogens is 292 g/mol. The van der Waals surface area contributed by atoms with Gasteiger partial charge in [-0.05, 0) is 13.0 Å². The summed E-state index contributed by atoms with van der Waals surface area (Å²) >= 11 is 0. The van der Waals surface area contributed by atoms with Gasteiger partial charge in [-0.3, -0.25) is 4.57 Å². The van der Waals surface area contributed by atoms with E-state index in [1.54, 1.807) is 30.5 Å². The minimum atomic E-state index is 0.682. The summed E-state index contributed by atoms with van der Waals surface area (Å²) in [6.07, 6.45) is 7.17. The third kappa shape index (κ3) is 3.09. The second-order valence-electron chi connectivity index (χ2n) is 5.26. The van der Waals surface area contributed by atoms with E-state index in [2.05, 4.69) is 26.4 Å². The summed E-state index contributed by atoms with van der Waals surface area (Å²) in [5, 5.41) is 7.83. The van der Waals surface area contributed by atoms with E-state index in [1.165, 1.54) is 0 Å². The van der Waals surface area contributed by atoms with Gasteiger partial charge in [0.1, 0.15) is 12.1 Å². The molecule has 0 spiro atoms. The molecule has 1 N–H and O–H groups in total. The maximum atomic E-state index is 5.42. The Hall–Kier alpha value is -2.67. The highest BCUT2D eigenvalue weighted by Crippen LogP contribution is 2.20. The molecule has 0 aliphatic heterocycles. The number of nitrogens with zero attached hydrogens (tertiary/aromatic N) is 5. The lowest BCUT2D eigenvalue weighted by Crippen LogP contribution is -2.16. The van der Waals surface area contributed by atoms with Crippen LogP contribution < -0.4 is 10.1 Å². The van der Waals surface area contributed by atoms with Gasteiger partial charge in [-0.2, -0.15) is 5.10 Å². The molecule has 120 valence electrons. The Labute approximate surface area is 134 Å². The van der Waals surface area contributed by atoms with Crippen molar-refractivity contribution in [2.75, 3.05) is 7.11 Å². The minimum absolute atomic E-state index is 0.682. The first-order valence-electron chi connectivity index (χ1n) is 7.40. The molecule has 3 rings (SSSR count). The van der Waals surface area contributed by atoms with Gasteiger partial charge in [-0.1, -0.05) is 6.07 Å². The zero-order chi connectivity index (χ0) is 16.2. The van der Waals surface area contributed by atoms with Crippen LogP contribution in [0.15, 0.2) is 37.1 Å². The summed E-state index contributed by atoms with van der Waals surface area (Å²) in [5.41, 5.74) is 3.15. The van der Waals surface area contributed by atoms with Crippen LogP contribution in [0.2, 0.25) is 0 Å². The normalized spacial score (nSPS) is 10.9. The molecule has 3 aromatic heterocycles. The van der Waals surface area contributed by atoms with E-state index in [0.29, 0.717) is 13.1 Å².